The van der Waals surface area contributed by atoms with Crippen LogP contribution >= 0.6 is 0 Å². The highest BCUT2D eigenvalue weighted by Crippen LogP contribution is 2.30. The van der Waals surface area contributed by atoms with Gasteiger partial charge in [0.25, 0.3) is 5.56 Å². The van der Waals surface area contributed by atoms with E-state index in [1.807, 2.05) is 6.92 Å². The summed E-state index contributed by atoms with van der Waals surface area (Å²) in [6, 6.07) is 0. The lowest BCUT2D eigenvalue weighted by Crippen LogP contribution is -2.33. The summed E-state index contributed by atoms with van der Waals surface area (Å²) in [5.41, 5.74) is -0.307. The zero-order valence-electron chi connectivity index (χ0n) is 10.8. The van der Waals surface area contributed by atoms with Crippen LogP contribution in [-0.4, -0.2) is 28.9 Å². The van der Waals surface area contributed by atoms with Crippen molar-refractivity contribution in [3.63, 3.8) is 0 Å². The van der Waals surface area contributed by atoms with E-state index in [-0.39, 0.29) is 24.0 Å². The van der Waals surface area contributed by atoms with E-state index in [2.05, 4.69) is 4.98 Å². The molecule has 3 unspecified atom stereocenters. The smallest absolute Gasteiger partial charge is 0.330 e. The van der Waals surface area contributed by atoms with Gasteiger partial charge in [0.05, 0.1) is 12.2 Å². The van der Waals surface area contributed by atoms with Gasteiger partial charge in [0, 0.05) is 25.3 Å². The minimum absolute atomic E-state index is 0.0147. The van der Waals surface area contributed by atoms with E-state index in [1.165, 1.54) is 10.8 Å². The van der Waals surface area contributed by atoms with E-state index in [0.717, 1.165) is 6.42 Å². The molecule has 1 N–H and O–H groups in total. The van der Waals surface area contributed by atoms with Crippen molar-refractivity contribution in [1.82, 2.24) is 9.55 Å². The van der Waals surface area contributed by atoms with Gasteiger partial charge in [-0.2, -0.15) is 0 Å². The summed E-state index contributed by atoms with van der Waals surface area (Å²) < 4.78 is 12.6. The van der Waals surface area contributed by atoms with Crippen molar-refractivity contribution in [2.75, 3.05) is 7.11 Å². The first kappa shape index (κ1) is 13.0. The average molecular weight is 254 g/mol. The second-order valence-corrected chi connectivity index (χ2v) is 4.53. The molecule has 0 aromatic carbocycles. The number of nitrogens with zero attached hydrogens (tertiary/aromatic N) is 1. The lowest BCUT2D eigenvalue weighted by molar-refractivity contribution is -0.0302. The molecule has 1 aliphatic heterocycles. The number of hydrogen-bond donors (Lipinski definition) is 1. The molecule has 2 heterocycles. The maximum absolute atomic E-state index is 11.8. The third-order valence-corrected chi connectivity index (χ3v) is 3.34. The van der Waals surface area contributed by atoms with Crippen molar-refractivity contribution >= 4 is 0 Å². The van der Waals surface area contributed by atoms with Crippen LogP contribution in [0, 0.1) is 6.92 Å². The van der Waals surface area contributed by atoms with Gasteiger partial charge < -0.3 is 9.47 Å². The summed E-state index contributed by atoms with van der Waals surface area (Å²) >= 11 is 0. The average Bonchev–Trinajstić information content (AvgIpc) is 2.76. The molecular weight excluding hydrogens is 236 g/mol. The third kappa shape index (κ3) is 2.26. The molecule has 6 nitrogen and oxygen atoms in total. The van der Waals surface area contributed by atoms with Gasteiger partial charge in [0.2, 0.25) is 0 Å². The standard InChI is InChI=1S/C12H18N2O4/c1-4-8-9(17-3)5-10(18-8)14-6-7(2)11(15)13-12(14)16/h6,8-10H,4-5H2,1-3H3,(H,13,15,16). The van der Waals surface area contributed by atoms with Gasteiger partial charge in [-0.15, -0.1) is 0 Å². The van der Waals surface area contributed by atoms with Gasteiger partial charge >= 0.3 is 5.69 Å². The van der Waals surface area contributed by atoms with Gasteiger partial charge in [-0.3, -0.25) is 14.3 Å². The molecule has 1 aromatic heterocycles. The van der Waals surface area contributed by atoms with E-state index in [1.54, 1.807) is 14.0 Å². The first-order valence-corrected chi connectivity index (χ1v) is 6.07. The molecule has 0 bridgehead atoms. The van der Waals surface area contributed by atoms with Crippen LogP contribution in [0.15, 0.2) is 15.8 Å². The second kappa shape index (κ2) is 5.07. The summed E-state index contributed by atoms with van der Waals surface area (Å²) in [5.74, 6) is 0. The minimum Gasteiger partial charge on any atom is -0.379 e. The van der Waals surface area contributed by atoms with Crippen molar-refractivity contribution in [3.05, 3.63) is 32.6 Å². The van der Waals surface area contributed by atoms with Crippen molar-refractivity contribution in [3.8, 4) is 0 Å². The number of rotatable bonds is 3. The fourth-order valence-electron chi connectivity index (χ4n) is 2.28. The van der Waals surface area contributed by atoms with Gasteiger partial charge in [-0.1, -0.05) is 6.92 Å². The molecule has 0 saturated carbocycles. The first-order chi connectivity index (χ1) is 8.56. The Hall–Kier alpha value is -1.40. The lowest BCUT2D eigenvalue weighted by atomic mass is 10.1. The molecule has 6 heteroatoms. The highest BCUT2D eigenvalue weighted by atomic mass is 16.6. The van der Waals surface area contributed by atoms with E-state index in [4.69, 9.17) is 9.47 Å². The SMILES string of the molecule is CCC1OC(n2cc(C)c(=O)[nH]c2=O)CC1OC. The summed E-state index contributed by atoms with van der Waals surface area (Å²) in [4.78, 5) is 25.4. The van der Waals surface area contributed by atoms with Crippen LogP contribution in [0.3, 0.4) is 0 Å². The summed E-state index contributed by atoms with van der Waals surface area (Å²) in [6.45, 7) is 3.68. The fourth-order valence-corrected chi connectivity index (χ4v) is 2.28. The number of ether oxygens (including phenoxy) is 2. The van der Waals surface area contributed by atoms with Crippen LogP contribution < -0.4 is 11.2 Å². The van der Waals surface area contributed by atoms with Crippen molar-refractivity contribution in [2.24, 2.45) is 0 Å². The zero-order chi connectivity index (χ0) is 13.3. The molecule has 3 atom stereocenters. The van der Waals surface area contributed by atoms with Crippen LogP contribution in [0.1, 0.15) is 31.6 Å². The monoisotopic (exact) mass is 254 g/mol. The van der Waals surface area contributed by atoms with Crippen molar-refractivity contribution in [1.29, 1.82) is 0 Å². The van der Waals surface area contributed by atoms with E-state index >= 15 is 0 Å². The predicted octanol–water partition coefficient (Wildman–Crippen LogP) is 0.558. The molecule has 0 amide bonds. The number of aromatic nitrogens is 2. The topological polar surface area (TPSA) is 73.3 Å². The van der Waals surface area contributed by atoms with Crippen molar-refractivity contribution in [2.45, 2.75) is 45.1 Å². The molecule has 0 radical (unpaired) electrons. The van der Waals surface area contributed by atoms with Crippen LogP contribution in [0.4, 0.5) is 0 Å². The number of hydrogen-bond acceptors (Lipinski definition) is 4. The Kier molecular flexibility index (Phi) is 3.68. The van der Waals surface area contributed by atoms with Crippen LogP contribution in [-0.2, 0) is 9.47 Å². The van der Waals surface area contributed by atoms with E-state index in [0.29, 0.717) is 12.0 Å². The van der Waals surface area contributed by atoms with E-state index < -0.39 is 5.69 Å². The highest BCUT2D eigenvalue weighted by molar-refractivity contribution is 5.02. The molecule has 100 valence electrons. The molecule has 18 heavy (non-hydrogen) atoms. The Balaban J connectivity index is 2.31. The molecule has 1 fully saturated rings. The maximum Gasteiger partial charge on any atom is 0.330 e. The first-order valence-electron chi connectivity index (χ1n) is 6.07. The molecule has 0 aliphatic carbocycles. The second-order valence-electron chi connectivity index (χ2n) is 4.53. The van der Waals surface area contributed by atoms with Crippen LogP contribution in [0.25, 0.3) is 0 Å². The Morgan fingerprint density at radius 1 is 1.56 bits per heavy atom. The lowest BCUT2D eigenvalue weighted by Gasteiger charge is -2.15. The normalized spacial score (nSPS) is 27.6. The minimum atomic E-state index is -0.442. The Morgan fingerprint density at radius 2 is 2.28 bits per heavy atom. The number of methoxy groups -OCH3 is 1. The van der Waals surface area contributed by atoms with Crippen molar-refractivity contribution < 1.29 is 9.47 Å². The summed E-state index contributed by atoms with van der Waals surface area (Å²) in [5, 5.41) is 0. The molecular formula is C12H18N2O4. The maximum atomic E-state index is 11.8. The summed E-state index contributed by atoms with van der Waals surface area (Å²) in [7, 11) is 1.64. The van der Waals surface area contributed by atoms with Gasteiger partial charge in [-0.25, -0.2) is 4.79 Å². The third-order valence-electron chi connectivity index (χ3n) is 3.34. The zero-order valence-corrected chi connectivity index (χ0v) is 10.8. The molecule has 1 saturated heterocycles. The quantitative estimate of drug-likeness (QED) is 0.855. The summed E-state index contributed by atoms with van der Waals surface area (Å²) in [6.07, 6.45) is 2.57. The molecule has 1 aliphatic rings. The number of H-pyrrole nitrogens is 1. The number of aryl methyl sites for hydroxylation is 1. The number of nitrogens with one attached hydrogen (secondary N) is 1. The van der Waals surface area contributed by atoms with Gasteiger partial charge in [-0.05, 0) is 13.3 Å². The number of aromatic amines is 1. The molecule has 0 spiro atoms. The fraction of sp³-hybridized carbons (Fsp3) is 0.667. The van der Waals surface area contributed by atoms with Crippen LogP contribution in [0.5, 0.6) is 0 Å². The van der Waals surface area contributed by atoms with E-state index in [9.17, 15) is 9.59 Å². The highest BCUT2D eigenvalue weighted by Gasteiger charge is 2.35. The van der Waals surface area contributed by atoms with Gasteiger partial charge in [0.1, 0.15) is 6.23 Å². The Labute approximate surface area is 105 Å². The molecule has 1 aromatic rings. The predicted molar refractivity (Wildman–Crippen MR) is 65.7 cm³/mol. The molecule has 2 rings (SSSR count). The largest absolute Gasteiger partial charge is 0.379 e. The van der Waals surface area contributed by atoms with Crippen LogP contribution in [0.2, 0.25) is 0 Å². The van der Waals surface area contributed by atoms with Gasteiger partial charge in [0.15, 0.2) is 0 Å². The Morgan fingerprint density at radius 3 is 2.83 bits per heavy atom. The Bertz CT molecular complexity index is 522.